The molecule has 0 amide bonds. The molecule has 0 spiro atoms. The Morgan fingerprint density at radius 2 is 1.87 bits per heavy atom. The maximum atomic E-state index is 5.39. The molecule has 0 aliphatic carbocycles. The van der Waals surface area contributed by atoms with Crippen LogP contribution in [0.15, 0.2) is 58.5 Å². The fraction of sp³-hybridized carbons (Fsp3) is 0.286. The Balaban J connectivity index is 1.62. The SMILES string of the molecule is CCCCc1noc(CSc2nnc(-c3ccncc3)n2-c2ccc(OC)cc2)n1. The van der Waals surface area contributed by atoms with Crippen LogP contribution in [-0.2, 0) is 12.2 Å². The van der Waals surface area contributed by atoms with Crippen molar-refractivity contribution in [2.24, 2.45) is 0 Å². The Bertz CT molecular complexity index is 1080. The zero-order chi connectivity index (χ0) is 20.8. The number of aryl methyl sites for hydroxylation is 1. The molecule has 0 unspecified atom stereocenters. The Kier molecular flexibility index (Phi) is 6.38. The molecule has 4 rings (SSSR count). The fourth-order valence-electron chi connectivity index (χ4n) is 2.93. The first kappa shape index (κ1) is 20.1. The van der Waals surface area contributed by atoms with Crippen molar-refractivity contribution in [3.8, 4) is 22.8 Å². The molecule has 0 aliphatic heterocycles. The number of methoxy groups -OCH3 is 1. The molecule has 30 heavy (non-hydrogen) atoms. The van der Waals surface area contributed by atoms with Crippen molar-refractivity contribution in [1.29, 1.82) is 0 Å². The third-order valence-electron chi connectivity index (χ3n) is 4.49. The van der Waals surface area contributed by atoms with Gasteiger partial charge in [-0.2, -0.15) is 4.98 Å². The van der Waals surface area contributed by atoms with E-state index in [1.807, 2.05) is 41.0 Å². The van der Waals surface area contributed by atoms with E-state index in [2.05, 4.69) is 32.2 Å². The lowest BCUT2D eigenvalue weighted by molar-refractivity contribution is 0.384. The average Bonchev–Trinajstić information content (AvgIpc) is 3.44. The van der Waals surface area contributed by atoms with Gasteiger partial charge in [-0.05, 0) is 42.8 Å². The largest absolute Gasteiger partial charge is 0.497 e. The second-order valence-corrected chi connectivity index (χ2v) is 7.51. The maximum Gasteiger partial charge on any atom is 0.237 e. The minimum atomic E-state index is 0.518. The molecule has 9 heteroatoms. The predicted octanol–water partition coefficient (Wildman–Crippen LogP) is 4.36. The summed E-state index contributed by atoms with van der Waals surface area (Å²) in [5.41, 5.74) is 1.86. The maximum absolute atomic E-state index is 5.39. The second kappa shape index (κ2) is 9.53. The van der Waals surface area contributed by atoms with Crippen LogP contribution in [0.5, 0.6) is 5.75 Å². The molecule has 1 aromatic carbocycles. The van der Waals surface area contributed by atoms with E-state index in [9.17, 15) is 0 Å². The van der Waals surface area contributed by atoms with E-state index in [1.165, 1.54) is 11.8 Å². The van der Waals surface area contributed by atoms with E-state index in [-0.39, 0.29) is 0 Å². The molecule has 0 fully saturated rings. The van der Waals surface area contributed by atoms with Crippen LogP contribution in [0.25, 0.3) is 17.1 Å². The summed E-state index contributed by atoms with van der Waals surface area (Å²) in [6.07, 6.45) is 6.46. The summed E-state index contributed by atoms with van der Waals surface area (Å²) >= 11 is 1.50. The second-order valence-electron chi connectivity index (χ2n) is 6.57. The standard InChI is InChI=1S/C21H22N6O2S/c1-3-4-5-18-23-19(29-26-18)14-30-21-25-24-20(15-10-12-22-13-11-15)27(21)16-6-8-17(28-2)9-7-16/h6-13H,3-5,14H2,1-2H3. The molecule has 0 aliphatic rings. The topological polar surface area (TPSA) is 91.8 Å². The van der Waals surface area contributed by atoms with Gasteiger partial charge in [-0.15, -0.1) is 10.2 Å². The number of pyridine rings is 1. The van der Waals surface area contributed by atoms with Crippen LogP contribution in [0.4, 0.5) is 0 Å². The van der Waals surface area contributed by atoms with Gasteiger partial charge in [-0.25, -0.2) is 0 Å². The van der Waals surface area contributed by atoms with Crippen LogP contribution in [-0.4, -0.2) is 37.0 Å². The zero-order valence-corrected chi connectivity index (χ0v) is 17.7. The van der Waals surface area contributed by atoms with Gasteiger partial charge in [0.1, 0.15) is 5.75 Å². The smallest absolute Gasteiger partial charge is 0.237 e. The molecule has 154 valence electrons. The van der Waals surface area contributed by atoms with Crippen LogP contribution in [0, 0.1) is 0 Å². The van der Waals surface area contributed by atoms with E-state index >= 15 is 0 Å². The normalized spacial score (nSPS) is 11.0. The van der Waals surface area contributed by atoms with Crippen molar-refractivity contribution in [3.05, 3.63) is 60.5 Å². The highest BCUT2D eigenvalue weighted by Crippen LogP contribution is 2.30. The first-order valence-electron chi connectivity index (χ1n) is 9.73. The van der Waals surface area contributed by atoms with Gasteiger partial charge in [0.25, 0.3) is 0 Å². The van der Waals surface area contributed by atoms with Gasteiger partial charge in [0, 0.05) is 30.1 Å². The molecular weight excluding hydrogens is 400 g/mol. The van der Waals surface area contributed by atoms with Crippen molar-refractivity contribution in [2.45, 2.75) is 37.1 Å². The van der Waals surface area contributed by atoms with Crippen LogP contribution in [0.3, 0.4) is 0 Å². The van der Waals surface area contributed by atoms with Crippen LogP contribution in [0.1, 0.15) is 31.5 Å². The molecule has 0 bridgehead atoms. The summed E-state index contributed by atoms with van der Waals surface area (Å²) in [5, 5.41) is 13.6. The Morgan fingerprint density at radius 1 is 1.07 bits per heavy atom. The van der Waals surface area contributed by atoms with E-state index in [0.29, 0.717) is 11.6 Å². The Morgan fingerprint density at radius 3 is 2.60 bits per heavy atom. The highest BCUT2D eigenvalue weighted by Gasteiger charge is 2.17. The number of nitrogens with zero attached hydrogens (tertiary/aromatic N) is 6. The lowest BCUT2D eigenvalue weighted by Crippen LogP contribution is -2.00. The minimum absolute atomic E-state index is 0.518. The number of aromatic nitrogens is 6. The van der Waals surface area contributed by atoms with E-state index in [1.54, 1.807) is 19.5 Å². The third-order valence-corrected chi connectivity index (χ3v) is 5.41. The molecule has 0 radical (unpaired) electrons. The molecule has 0 N–H and O–H groups in total. The highest BCUT2D eigenvalue weighted by molar-refractivity contribution is 7.98. The summed E-state index contributed by atoms with van der Waals surface area (Å²) in [7, 11) is 1.65. The van der Waals surface area contributed by atoms with E-state index < -0.39 is 0 Å². The molecule has 4 aromatic rings. The number of benzene rings is 1. The van der Waals surface area contributed by atoms with Gasteiger partial charge < -0.3 is 9.26 Å². The molecule has 8 nitrogen and oxygen atoms in total. The highest BCUT2D eigenvalue weighted by atomic mass is 32.2. The van der Waals surface area contributed by atoms with Crippen molar-refractivity contribution in [3.63, 3.8) is 0 Å². The van der Waals surface area contributed by atoms with Crippen molar-refractivity contribution >= 4 is 11.8 Å². The summed E-state index contributed by atoms with van der Waals surface area (Å²) in [6.45, 7) is 2.14. The van der Waals surface area contributed by atoms with Crippen molar-refractivity contribution in [1.82, 2.24) is 29.9 Å². The first-order chi connectivity index (χ1) is 14.8. The van der Waals surface area contributed by atoms with Gasteiger partial charge in [0.05, 0.1) is 12.9 Å². The number of thioether (sulfide) groups is 1. The van der Waals surface area contributed by atoms with Gasteiger partial charge in [0.15, 0.2) is 16.8 Å². The predicted molar refractivity (Wildman–Crippen MR) is 114 cm³/mol. The minimum Gasteiger partial charge on any atom is -0.497 e. The number of ether oxygens (including phenoxy) is 1. The lowest BCUT2D eigenvalue weighted by atomic mass is 10.2. The Labute approximate surface area is 178 Å². The first-order valence-corrected chi connectivity index (χ1v) is 10.7. The molecular formula is C21H22N6O2S. The zero-order valence-electron chi connectivity index (χ0n) is 16.9. The monoisotopic (exact) mass is 422 g/mol. The van der Waals surface area contributed by atoms with Crippen LogP contribution < -0.4 is 4.74 Å². The molecule has 0 saturated heterocycles. The summed E-state index contributed by atoms with van der Waals surface area (Å²) < 4.78 is 12.7. The molecule has 0 saturated carbocycles. The van der Waals surface area contributed by atoms with Crippen LogP contribution >= 0.6 is 11.8 Å². The van der Waals surface area contributed by atoms with Crippen molar-refractivity contribution < 1.29 is 9.26 Å². The average molecular weight is 423 g/mol. The lowest BCUT2D eigenvalue weighted by Gasteiger charge is -2.10. The number of hydrogen-bond acceptors (Lipinski definition) is 8. The van der Waals surface area contributed by atoms with Crippen LogP contribution in [0.2, 0.25) is 0 Å². The summed E-state index contributed by atoms with van der Waals surface area (Å²) in [5.74, 6) is 3.38. The third kappa shape index (κ3) is 4.51. The molecule has 0 atom stereocenters. The van der Waals surface area contributed by atoms with E-state index in [0.717, 1.165) is 53.1 Å². The van der Waals surface area contributed by atoms with Crippen molar-refractivity contribution in [2.75, 3.05) is 7.11 Å². The van der Waals surface area contributed by atoms with Gasteiger partial charge >= 0.3 is 0 Å². The number of unbranched alkanes of at least 4 members (excludes halogenated alkanes) is 1. The fourth-order valence-corrected chi connectivity index (χ4v) is 3.72. The summed E-state index contributed by atoms with van der Waals surface area (Å²) in [4.78, 5) is 8.57. The number of hydrogen-bond donors (Lipinski definition) is 0. The van der Waals surface area contributed by atoms with Gasteiger partial charge in [0.2, 0.25) is 5.89 Å². The Hall–Kier alpha value is -3.20. The molecule has 3 heterocycles. The van der Waals surface area contributed by atoms with E-state index in [4.69, 9.17) is 9.26 Å². The van der Waals surface area contributed by atoms with Gasteiger partial charge in [-0.1, -0.05) is 30.3 Å². The quantitative estimate of drug-likeness (QED) is 0.368. The number of rotatable bonds is 9. The summed E-state index contributed by atoms with van der Waals surface area (Å²) in [6, 6.07) is 11.6. The molecule has 3 aromatic heterocycles. The van der Waals surface area contributed by atoms with Gasteiger partial charge in [-0.3, -0.25) is 9.55 Å².